The van der Waals surface area contributed by atoms with E-state index in [1.165, 1.54) is 20.7 Å². The van der Waals surface area contributed by atoms with E-state index in [9.17, 15) is 0 Å². The van der Waals surface area contributed by atoms with Gasteiger partial charge in [-0.25, -0.2) is 4.98 Å². The van der Waals surface area contributed by atoms with E-state index in [1.54, 1.807) is 7.11 Å². The normalized spacial score (nSPS) is 18.5. The van der Waals surface area contributed by atoms with E-state index in [-0.39, 0.29) is 46.9 Å². The molecule has 2 unspecified atom stereocenters. The van der Waals surface area contributed by atoms with E-state index in [2.05, 4.69) is 172 Å². The summed E-state index contributed by atoms with van der Waals surface area (Å²) in [6.45, 7) is 14.8. The summed E-state index contributed by atoms with van der Waals surface area (Å²) >= 11 is 0. The van der Waals surface area contributed by atoms with E-state index in [0.29, 0.717) is 30.3 Å². The number of hydrogen-bond acceptors (Lipinski definition) is 8. The molecule has 5 atom stereocenters. The molecule has 2 N–H and O–H groups in total. The molecule has 2 heterocycles. The van der Waals surface area contributed by atoms with Crippen LogP contribution in [0.5, 0.6) is 5.88 Å². The van der Waals surface area contributed by atoms with E-state index in [1.807, 2.05) is 6.33 Å². The number of rotatable bonds is 15. The highest BCUT2D eigenvalue weighted by Crippen LogP contribution is 2.53. The smallest absolute Gasteiger partial charge is 0.247 e. The van der Waals surface area contributed by atoms with Crippen LogP contribution in [0.1, 0.15) is 60.4 Å². The predicted octanol–water partition coefficient (Wildman–Crippen LogP) is 5.94. The second kappa shape index (κ2) is 18.1. The second-order valence-corrected chi connectivity index (χ2v) is 22.4. The number of nitrogens with zero attached hydrogens (tertiary/aromatic N) is 4. The molecule has 58 heavy (non-hydrogen) atoms. The van der Waals surface area contributed by atoms with Crippen molar-refractivity contribution in [1.29, 1.82) is 0 Å². The molecule has 0 radical (unpaired) electrons. The molecular formula is C47H59N5O4Si2. The number of hydrogen-bond donors (Lipinski definition) is 1. The molecule has 0 saturated heterocycles. The Bertz CT molecular complexity index is 2120. The molecule has 0 aliphatic heterocycles. The van der Waals surface area contributed by atoms with Crippen molar-refractivity contribution < 1.29 is 18.3 Å². The van der Waals surface area contributed by atoms with Crippen molar-refractivity contribution in [2.24, 2.45) is 22.7 Å². The average molecular weight is 814 g/mol. The molecule has 0 spiro atoms. The topological polar surface area (TPSA) is 107 Å². The van der Waals surface area contributed by atoms with Crippen LogP contribution in [-0.2, 0) is 13.6 Å². The van der Waals surface area contributed by atoms with Gasteiger partial charge in [0, 0.05) is 19.1 Å². The zero-order valence-corrected chi connectivity index (χ0v) is 37.3. The highest BCUT2D eigenvalue weighted by atomic mass is 28.3. The minimum absolute atomic E-state index is 0.0132. The van der Waals surface area contributed by atoms with Gasteiger partial charge in [-0.05, 0) is 50.3 Å². The Labute approximate surface area is 347 Å². The molecule has 9 nitrogen and oxygen atoms in total. The zero-order chi connectivity index (χ0) is 40.9. The van der Waals surface area contributed by atoms with Gasteiger partial charge in [-0.2, -0.15) is 9.97 Å². The van der Waals surface area contributed by atoms with Gasteiger partial charge < -0.3 is 28.6 Å². The molecule has 2 aromatic heterocycles. The number of benzene rings is 4. The van der Waals surface area contributed by atoms with Crippen molar-refractivity contribution in [2.75, 3.05) is 26.1 Å². The van der Waals surface area contributed by atoms with Crippen LogP contribution in [0.15, 0.2) is 128 Å². The second-order valence-electron chi connectivity index (χ2n) is 17.7. The van der Waals surface area contributed by atoms with Gasteiger partial charge in [-0.1, -0.05) is 163 Å². The molecular weight excluding hydrogens is 755 g/mol. The summed E-state index contributed by atoms with van der Waals surface area (Å²) in [5.74, 6) is 0.655. The monoisotopic (exact) mass is 813 g/mol. The number of imidazole rings is 1. The largest absolute Gasteiger partial charge is 0.474 e. The first-order chi connectivity index (χ1) is 27.9. The first-order valence-electron chi connectivity index (χ1n) is 20.6. The molecule has 6 aromatic rings. The molecule has 7 rings (SSSR count). The summed E-state index contributed by atoms with van der Waals surface area (Å²) in [5.41, 5.74) is 7.21. The average Bonchev–Trinajstić information content (AvgIpc) is 3.83. The number of anilines is 1. The fourth-order valence-corrected chi connectivity index (χ4v) is 14.4. The van der Waals surface area contributed by atoms with E-state index >= 15 is 0 Å². The van der Waals surface area contributed by atoms with Gasteiger partial charge in [-0.15, -0.1) is 0 Å². The van der Waals surface area contributed by atoms with Crippen LogP contribution < -0.4 is 31.2 Å². The van der Waals surface area contributed by atoms with Gasteiger partial charge in [0.25, 0.3) is 0 Å². The Morgan fingerprint density at radius 3 is 1.57 bits per heavy atom. The van der Waals surface area contributed by atoms with Crippen LogP contribution in [0.4, 0.5) is 5.95 Å². The summed E-state index contributed by atoms with van der Waals surface area (Å²) in [7, 11) is -2.72. The van der Waals surface area contributed by atoms with E-state index < -0.39 is 18.1 Å². The van der Waals surface area contributed by atoms with Crippen LogP contribution in [0.3, 0.4) is 0 Å². The number of aromatic nitrogens is 4. The van der Waals surface area contributed by atoms with Crippen LogP contribution in [0.25, 0.3) is 11.2 Å². The van der Waals surface area contributed by atoms with Crippen molar-refractivity contribution in [3.63, 3.8) is 0 Å². The SMILES string of the molecule is COCCOc1nc(N)nc2c1ncn2[C@@H]1CC[C@H](C(O[SiH](c2ccccc2)c2ccccc2)C(C)(C)C)[C@H]1C(O[SiH](c1ccccc1)c1ccccc1)C(C)(C)C. The number of methoxy groups -OCH3 is 1. The summed E-state index contributed by atoms with van der Waals surface area (Å²) in [6.07, 6.45) is 3.48. The Morgan fingerprint density at radius 1 is 0.655 bits per heavy atom. The number of nitrogen functional groups attached to an aromatic ring is 1. The van der Waals surface area contributed by atoms with Crippen molar-refractivity contribution in [1.82, 2.24) is 19.5 Å². The maximum atomic E-state index is 7.86. The van der Waals surface area contributed by atoms with Crippen molar-refractivity contribution >= 4 is 55.9 Å². The van der Waals surface area contributed by atoms with E-state index in [4.69, 9.17) is 34.0 Å². The van der Waals surface area contributed by atoms with Gasteiger partial charge in [-0.3, -0.25) is 0 Å². The van der Waals surface area contributed by atoms with Gasteiger partial charge in [0.15, 0.2) is 11.2 Å². The Balaban J connectivity index is 1.39. The molecule has 1 saturated carbocycles. The van der Waals surface area contributed by atoms with Gasteiger partial charge in [0.2, 0.25) is 29.9 Å². The third-order valence-corrected chi connectivity index (χ3v) is 16.5. The number of ether oxygens (including phenoxy) is 2. The molecule has 11 heteroatoms. The fourth-order valence-electron chi connectivity index (χ4n) is 8.93. The molecule has 1 fully saturated rings. The molecule has 0 amide bonds. The number of nitrogens with two attached hydrogens (primary N) is 1. The third kappa shape index (κ3) is 9.29. The lowest BCUT2D eigenvalue weighted by Crippen LogP contribution is -2.56. The Kier molecular flexibility index (Phi) is 12.9. The summed E-state index contributed by atoms with van der Waals surface area (Å²) in [6, 6.07) is 43.3. The maximum Gasteiger partial charge on any atom is 0.247 e. The predicted molar refractivity (Wildman–Crippen MR) is 240 cm³/mol. The van der Waals surface area contributed by atoms with Gasteiger partial charge in [0.05, 0.1) is 25.1 Å². The molecule has 1 aliphatic rings. The molecule has 304 valence electrons. The Morgan fingerprint density at radius 2 is 1.12 bits per heavy atom. The summed E-state index contributed by atoms with van der Waals surface area (Å²) < 4.78 is 29.2. The minimum atomic E-state index is -2.21. The number of fused-ring (bicyclic) bond motifs is 1. The standard InChI is InChI=1S/C47H59N5O4Si2/c1-46(2,3)41(55-57(33-20-12-8-13-21-33)34-22-14-9-15-23-34)37-28-29-38(52-32-49-40-43(52)50-45(48)51-44(40)54-31-30-53-7)39(37)42(47(4,5)6)56-58(35-24-16-10-17-25-35)36-26-18-11-19-27-36/h8-27,32,37-39,41-42,57-58H,28-31H2,1-7H3,(H2,48,50,51)/t37-,38+,39+,41?,42?/m0/s1. The van der Waals surface area contributed by atoms with Crippen LogP contribution in [0, 0.1) is 22.7 Å². The maximum absolute atomic E-state index is 7.86. The van der Waals surface area contributed by atoms with E-state index in [0.717, 1.165) is 12.8 Å². The highest BCUT2D eigenvalue weighted by Gasteiger charge is 2.53. The third-order valence-electron chi connectivity index (χ3n) is 11.4. The minimum Gasteiger partial charge on any atom is -0.474 e. The van der Waals surface area contributed by atoms with Crippen LogP contribution in [-0.4, -0.2) is 70.1 Å². The molecule has 0 bridgehead atoms. The van der Waals surface area contributed by atoms with Crippen molar-refractivity contribution in [3.05, 3.63) is 128 Å². The van der Waals surface area contributed by atoms with Crippen LogP contribution in [0.2, 0.25) is 0 Å². The van der Waals surface area contributed by atoms with Crippen molar-refractivity contribution in [3.8, 4) is 5.88 Å². The zero-order valence-electron chi connectivity index (χ0n) is 35.0. The molecule has 1 aliphatic carbocycles. The quantitative estimate of drug-likeness (QED) is 0.100. The van der Waals surface area contributed by atoms with Gasteiger partial charge >= 0.3 is 0 Å². The summed E-state index contributed by atoms with van der Waals surface area (Å²) in [5, 5.41) is 5.05. The Hall–Kier alpha value is -4.66. The molecule has 4 aromatic carbocycles. The lowest BCUT2D eigenvalue weighted by atomic mass is 9.70. The first-order valence-corrected chi connectivity index (χ1v) is 23.8. The summed E-state index contributed by atoms with van der Waals surface area (Å²) in [4.78, 5) is 14.2. The fraction of sp³-hybridized carbons (Fsp3) is 0.383. The lowest BCUT2D eigenvalue weighted by molar-refractivity contribution is -0.0486. The van der Waals surface area contributed by atoms with Gasteiger partial charge in [0.1, 0.15) is 6.61 Å². The van der Waals surface area contributed by atoms with Crippen molar-refractivity contribution in [2.45, 2.75) is 72.6 Å². The lowest BCUT2D eigenvalue weighted by Gasteiger charge is -2.47. The van der Waals surface area contributed by atoms with Crippen LogP contribution >= 0.6 is 0 Å². The first kappa shape index (κ1) is 41.5. The highest BCUT2D eigenvalue weighted by molar-refractivity contribution is 6.80.